The Morgan fingerprint density at radius 1 is 0.266 bits per heavy atom. The van der Waals surface area contributed by atoms with E-state index in [-0.39, 0.29) is 31.1 Å². The zero-order valence-electron chi connectivity index (χ0n) is 51.9. The summed E-state index contributed by atoms with van der Waals surface area (Å²) in [7, 11) is 0. The van der Waals surface area contributed by atoms with Gasteiger partial charge in [-0.15, -0.1) is 0 Å². The topological polar surface area (TPSA) is 78.9 Å². The van der Waals surface area contributed by atoms with Crippen molar-refractivity contribution in [3.8, 4) is 0 Å². The third kappa shape index (κ3) is 64.8. The van der Waals surface area contributed by atoms with Crippen molar-refractivity contribution < 1.29 is 28.6 Å². The predicted octanol–water partition coefficient (Wildman–Crippen LogP) is 23.0. The monoisotopic (exact) mass is 1100 g/mol. The van der Waals surface area contributed by atoms with Crippen LogP contribution in [0.15, 0.2) is 109 Å². The van der Waals surface area contributed by atoms with Gasteiger partial charge in [-0.05, 0) is 109 Å². The lowest BCUT2D eigenvalue weighted by Gasteiger charge is -2.18. The first-order valence-corrected chi connectivity index (χ1v) is 33.4. The number of rotatable bonds is 60. The van der Waals surface area contributed by atoms with Gasteiger partial charge in [0.05, 0.1) is 0 Å². The molecular weight excluding hydrogens is 973 g/mol. The highest BCUT2D eigenvalue weighted by molar-refractivity contribution is 5.71. The molecule has 1 atom stereocenters. The molecule has 1 unspecified atom stereocenters. The number of carbonyl (C=O) groups is 3. The van der Waals surface area contributed by atoms with Gasteiger partial charge in [-0.25, -0.2) is 0 Å². The van der Waals surface area contributed by atoms with E-state index < -0.39 is 6.10 Å². The summed E-state index contributed by atoms with van der Waals surface area (Å²) in [5.41, 5.74) is 0. The van der Waals surface area contributed by atoms with E-state index in [4.69, 9.17) is 14.2 Å². The summed E-state index contributed by atoms with van der Waals surface area (Å²) >= 11 is 0. The maximum Gasteiger partial charge on any atom is 0.306 e. The molecule has 0 aromatic carbocycles. The van der Waals surface area contributed by atoms with E-state index in [2.05, 4.69) is 130 Å². The number of ether oxygens (including phenoxy) is 3. The van der Waals surface area contributed by atoms with Gasteiger partial charge in [0.2, 0.25) is 0 Å². The summed E-state index contributed by atoms with van der Waals surface area (Å²) in [6.45, 7) is 6.50. The average molecular weight is 1100 g/mol. The Kier molecular flexibility index (Phi) is 63.3. The number of unbranched alkanes of at least 4 members (excludes halogenated alkanes) is 31. The molecule has 0 amide bonds. The van der Waals surface area contributed by atoms with Crippen molar-refractivity contribution in [2.75, 3.05) is 13.2 Å². The van der Waals surface area contributed by atoms with E-state index in [1.54, 1.807) is 0 Å². The van der Waals surface area contributed by atoms with Crippen LogP contribution in [0, 0.1) is 0 Å². The Hall–Kier alpha value is -3.93. The van der Waals surface area contributed by atoms with Gasteiger partial charge in [0, 0.05) is 19.3 Å². The van der Waals surface area contributed by atoms with Crippen LogP contribution < -0.4 is 0 Å². The van der Waals surface area contributed by atoms with Crippen LogP contribution in [0.5, 0.6) is 0 Å². The first-order chi connectivity index (χ1) is 39.0. The van der Waals surface area contributed by atoms with Crippen LogP contribution in [0.1, 0.15) is 316 Å². The van der Waals surface area contributed by atoms with E-state index in [1.807, 2.05) is 0 Å². The van der Waals surface area contributed by atoms with E-state index in [0.29, 0.717) is 19.3 Å². The Bertz CT molecular complexity index is 1590. The van der Waals surface area contributed by atoms with Crippen molar-refractivity contribution in [2.24, 2.45) is 0 Å². The maximum absolute atomic E-state index is 12.9. The molecule has 452 valence electrons. The molecule has 0 aliphatic carbocycles. The zero-order chi connectivity index (χ0) is 57.1. The third-order valence-corrected chi connectivity index (χ3v) is 14.3. The van der Waals surface area contributed by atoms with Gasteiger partial charge < -0.3 is 14.2 Å². The van der Waals surface area contributed by atoms with Crippen molar-refractivity contribution in [1.29, 1.82) is 0 Å². The van der Waals surface area contributed by atoms with Crippen LogP contribution in [0.25, 0.3) is 0 Å². The molecule has 0 bridgehead atoms. The smallest absolute Gasteiger partial charge is 0.306 e. The van der Waals surface area contributed by atoms with Crippen LogP contribution >= 0.6 is 0 Å². The van der Waals surface area contributed by atoms with Crippen molar-refractivity contribution >= 4 is 17.9 Å². The largest absolute Gasteiger partial charge is 0.462 e. The van der Waals surface area contributed by atoms with Gasteiger partial charge in [-0.2, -0.15) is 0 Å². The summed E-state index contributed by atoms with van der Waals surface area (Å²) in [5.74, 6) is -0.917. The van der Waals surface area contributed by atoms with Crippen molar-refractivity contribution in [3.63, 3.8) is 0 Å². The standard InChI is InChI=1S/C73H124O6/c1-4-7-10-13-16-19-22-25-28-31-34-35-36-37-40-42-45-48-51-54-57-60-63-66-72(75)78-69-70(79-73(76)67-64-61-58-55-52-49-46-43-39-33-30-27-24-21-18-15-12-9-6-3)68-77-71(74)65-62-59-56-53-50-47-44-41-38-32-29-26-23-20-17-14-11-8-5-2/h7,10,16,18-19,21,25,27-28,30,34-35,37,39-40,43,45,48,70H,4-6,8-9,11-15,17,20,22-24,26,29,31-33,36,38,41-42,44,46-47,49-69H2,1-3H3/b10-7-,19-16-,21-18-,28-25-,30-27-,35-34-,40-37-,43-39-,48-45-. The molecule has 0 N–H and O–H groups in total. The summed E-state index contributed by atoms with van der Waals surface area (Å²) < 4.78 is 16.9. The second-order valence-corrected chi connectivity index (χ2v) is 22.0. The van der Waals surface area contributed by atoms with E-state index in [1.165, 1.54) is 141 Å². The van der Waals surface area contributed by atoms with Crippen molar-refractivity contribution in [3.05, 3.63) is 109 Å². The molecule has 0 radical (unpaired) electrons. The van der Waals surface area contributed by atoms with Crippen molar-refractivity contribution in [1.82, 2.24) is 0 Å². The lowest BCUT2D eigenvalue weighted by molar-refractivity contribution is -0.167. The minimum Gasteiger partial charge on any atom is -0.462 e. The molecule has 0 aromatic rings. The van der Waals surface area contributed by atoms with Crippen LogP contribution in [-0.2, 0) is 28.6 Å². The van der Waals surface area contributed by atoms with Crippen LogP contribution in [0.2, 0.25) is 0 Å². The minimum atomic E-state index is -0.799. The first kappa shape index (κ1) is 75.1. The van der Waals surface area contributed by atoms with Gasteiger partial charge >= 0.3 is 17.9 Å². The Labute approximate surface area is 489 Å². The molecule has 0 aromatic heterocycles. The highest BCUT2D eigenvalue weighted by Crippen LogP contribution is 2.17. The summed E-state index contributed by atoms with van der Waals surface area (Å²) in [6.07, 6.45) is 90.9. The molecule has 0 spiro atoms. The highest BCUT2D eigenvalue weighted by atomic mass is 16.6. The first-order valence-electron chi connectivity index (χ1n) is 33.4. The maximum atomic E-state index is 12.9. The molecule has 0 rings (SSSR count). The molecule has 0 aliphatic rings. The highest BCUT2D eigenvalue weighted by Gasteiger charge is 2.19. The lowest BCUT2D eigenvalue weighted by atomic mass is 10.0. The number of allylic oxidation sites excluding steroid dienone is 18. The summed E-state index contributed by atoms with van der Waals surface area (Å²) in [5, 5.41) is 0. The molecule has 6 heteroatoms. The Morgan fingerprint density at radius 2 is 0.494 bits per heavy atom. The number of esters is 3. The Morgan fingerprint density at radius 3 is 0.797 bits per heavy atom. The fraction of sp³-hybridized carbons (Fsp3) is 0.712. The zero-order valence-corrected chi connectivity index (χ0v) is 51.9. The lowest BCUT2D eigenvalue weighted by Crippen LogP contribution is -2.30. The molecule has 0 fully saturated rings. The van der Waals surface area contributed by atoms with E-state index in [9.17, 15) is 14.4 Å². The number of hydrogen-bond donors (Lipinski definition) is 0. The Balaban J connectivity index is 4.45. The number of carbonyl (C=O) groups excluding carboxylic acids is 3. The third-order valence-electron chi connectivity index (χ3n) is 14.3. The molecular formula is C73H124O6. The number of hydrogen-bond acceptors (Lipinski definition) is 6. The van der Waals surface area contributed by atoms with Gasteiger partial charge in [0.1, 0.15) is 13.2 Å². The summed E-state index contributed by atoms with van der Waals surface area (Å²) in [4.78, 5) is 38.4. The fourth-order valence-corrected chi connectivity index (χ4v) is 9.28. The van der Waals surface area contributed by atoms with Crippen LogP contribution in [-0.4, -0.2) is 37.2 Å². The average Bonchev–Trinajstić information content (AvgIpc) is 3.45. The summed E-state index contributed by atoms with van der Waals surface area (Å²) in [6, 6.07) is 0. The van der Waals surface area contributed by atoms with Crippen molar-refractivity contribution in [2.45, 2.75) is 322 Å². The predicted molar refractivity (Wildman–Crippen MR) is 343 cm³/mol. The van der Waals surface area contributed by atoms with Crippen LogP contribution in [0.3, 0.4) is 0 Å². The molecule has 0 heterocycles. The molecule has 0 saturated heterocycles. The fourth-order valence-electron chi connectivity index (χ4n) is 9.28. The second kappa shape index (κ2) is 66.6. The molecule has 79 heavy (non-hydrogen) atoms. The minimum absolute atomic E-state index is 0.0904. The SMILES string of the molecule is CC/C=C\C/C=C\C/C=C\C/C=C\C/C=C\C/C=C\CCCCCCC(=O)OCC(COC(=O)CCCCCCCCCCCCCCCCCCCCC)OC(=O)CCCCCCCC/C=C\C/C=C\C/C=C\CCCCC. The van der Waals surface area contributed by atoms with E-state index in [0.717, 1.165) is 135 Å². The molecule has 0 aliphatic heterocycles. The quantitative estimate of drug-likeness (QED) is 0.0261. The van der Waals surface area contributed by atoms with E-state index >= 15 is 0 Å². The normalized spacial score (nSPS) is 12.8. The van der Waals surface area contributed by atoms with Gasteiger partial charge in [-0.3, -0.25) is 14.4 Å². The molecule has 6 nitrogen and oxygen atoms in total. The second-order valence-electron chi connectivity index (χ2n) is 22.0. The van der Waals surface area contributed by atoms with Gasteiger partial charge in [0.15, 0.2) is 6.10 Å². The van der Waals surface area contributed by atoms with Gasteiger partial charge in [-0.1, -0.05) is 297 Å². The van der Waals surface area contributed by atoms with Gasteiger partial charge in [0.25, 0.3) is 0 Å². The van der Waals surface area contributed by atoms with Crippen LogP contribution in [0.4, 0.5) is 0 Å². The molecule has 0 saturated carbocycles.